The first kappa shape index (κ1) is 19.1. The average Bonchev–Trinajstić information content (AvgIpc) is 2.94. The third-order valence-corrected chi connectivity index (χ3v) is 6.82. The molecule has 0 aliphatic carbocycles. The van der Waals surface area contributed by atoms with Crippen LogP contribution in [0.25, 0.3) is 10.2 Å². The van der Waals surface area contributed by atoms with Gasteiger partial charge in [0.2, 0.25) is 5.91 Å². The van der Waals surface area contributed by atoms with Crippen LogP contribution in [0.2, 0.25) is 0 Å². The van der Waals surface area contributed by atoms with Crippen molar-refractivity contribution >= 4 is 45.2 Å². The number of hydrogen-bond donors (Lipinski definition) is 0. The largest absolute Gasteiger partial charge is 0.466 e. The molecule has 1 amide bonds. The molecular weight excluding hydrogens is 370 g/mol. The van der Waals surface area contributed by atoms with Crippen LogP contribution in [0.4, 0.5) is 0 Å². The van der Waals surface area contributed by atoms with E-state index in [1.165, 1.54) is 22.2 Å². The highest BCUT2D eigenvalue weighted by atomic mass is 32.2. The summed E-state index contributed by atoms with van der Waals surface area (Å²) in [6.07, 6.45) is 2.92. The second kappa shape index (κ2) is 8.35. The van der Waals surface area contributed by atoms with Crippen LogP contribution >= 0.6 is 23.1 Å². The Hall–Kier alpha value is -1.67. The Morgan fingerprint density at radius 2 is 2.04 bits per heavy atom. The van der Waals surface area contributed by atoms with E-state index >= 15 is 0 Å². The zero-order chi connectivity index (χ0) is 18.7. The van der Waals surface area contributed by atoms with Crippen molar-refractivity contribution < 1.29 is 14.3 Å². The number of nitrogens with zero attached hydrogens (tertiary/aromatic N) is 3. The molecule has 140 valence electrons. The number of ether oxygens (including phenoxy) is 1. The van der Waals surface area contributed by atoms with Crippen LogP contribution in [-0.4, -0.2) is 52.2 Å². The Bertz CT molecular complexity index is 813. The molecule has 6 nitrogen and oxygen atoms in total. The van der Waals surface area contributed by atoms with Crippen molar-refractivity contribution in [3.8, 4) is 0 Å². The van der Waals surface area contributed by atoms with E-state index in [0.29, 0.717) is 38.3 Å². The fourth-order valence-electron chi connectivity index (χ4n) is 3.11. The van der Waals surface area contributed by atoms with Gasteiger partial charge in [-0.05, 0) is 39.2 Å². The lowest BCUT2D eigenvalue weighted by molar-refractivity contribution is -0.151. The topological polar surface area (TPSA) is 72.4 Å². The van der Waals surface area contributed by atoms with Gasteiger partial charge in [0.15, 0.2) is 0 Å². The maximum Gasteiger partial charge on any atom is 0.309 e. The minimum atomic E-state index is -0.138. The van der Waals surface area contributed by atoms with Crippen molar-refractivity contribution in [3.63, 3.8) is 0 Å². The predicted molar refractivity (Wildman–Crippen MR) is 104 cm³/mol. The Labute approximate surface area is 161 Å². The average molecular weight is 394 g/mol. The first-order valence-corrected chi connectivity index (χ1v) is 10.6. The van der Waals surface area contributed by atoms with Gasteiger partial charge in [-0.2, -0.15) is 0 Å². The Morgan fingerprint density at radius 3 is 2.73 bits per heavy atom. The number of piperidine rings is 1. The minimum absolute atomic E-state index is 0.0791. The van der Waals surface area contributed by atoms with Crippen molar-refractivity contribution in [3.05, 3.63) is 16.8 Å². The fraction of sp³-hybridized carbons (Fsp3) is 0.556. The maximum absolute atomic E-state index is 12.5. The number of likely N-dealkylation sites (tertiary alicyclic amines) is 1. The number of carbonyl (C=O) groups excluding carboxylic acids is 2. The van der Waals surface area contributed by atoms with Crippen LogP contribution in [-0.2, 0) is 14.3 Å². The van der Waals surface area contributed by atoms with E-state index in [0.717, 1.165) is 15.2 Å². The van der Waals surface area contributed by atoms with E-state index in [1.54, 1.807) is 17.7 Å². The number of carbonyl (C=O) groups is 2. The molecule has 1 aliphatic rings. The molecule has 0 radical (unpaired) electrons. The zero-order valence-corrected chi connectivity index (χ0v) is 16.9. The first-order valence-electron chi connectivity index (χ1n) is 8.79. The summed E-state index contributed by atoms with van der Waals surface area (Å²) >= 11 is 3.13. The summed E-state index contributed by atoms with van der Waals surface area (Å²) in [5.74, 6) is 0.226. The number of thiophene rings is 1. The molecule has 3 heterocycles. The number of aryl methyl sites for hydroxylation is 2. The summed E-state index contributed by atoms with van der Waals surface area (Å²) in [6.45, 7) is 7.59. The zero-order valence-electron chi connectivity index (χ0n) is 15.3. The SMILES string of the molecule is CCOC(=O)C1CCN(C(=O)CSc2ncnc3sc(C)c(C)c23)CC1. The molecule has 0 atom stereocenters. The monoisotopic (exact) mass is 393 g/mol. The molecule has 3 rings (SSSR count). The quantitative estimate of drug-likeness (QED) is 0.441. The van der Waals surface area contributed by atoms with Crippen molar-refractivity contribution in [2.24, 2.45) is 5.92 Å². The number of thioether (sulfide) groups is 1. The Balaban J connectivity index is 1.58. The number of hydrogen-bond acceptors (Lipinski definition) is 7. The molecule has 1 saturated heterocycles. The molecule has 0 saturated carbocycles. The van der Waals surface area contributed by atoms with E-state index < -0.39 is 0 Å². The number of rotatable bonds is 5. The van der Waals surface area contributed by atoms with Crippen LogP contribution in [0.3, 0.4) is 0 Å². The maximum atomic E-state index is 12.5. The van der Waals surface area contributed by atoms with E-state index in [1.807, 2.05) is 11.8 Å². The van der Waals surface area contributed by atoms with Gasteiger partial charge in [0.1, 0.15) is 16.2 Å². The van der Waals surface area contributed by atoms with Crippen molar-refractivity contribution in [2.45, 2.75) is 38.6 Å². The molecule has 2 aromatic heterocycles. The molecule has 0 N–H and O–H groups in total. The molecule has 0 aromatic carbocycles. The highest BCUT2D eigenvalue weighted by Crippen LogP contribution is 2.34. The third kappa shape index (κ3) is 4.01. The number of esters is 1. The second-order valence-corrected chi connectivity index (χ2v) is 8.51. The molecule has 1 aliphatic heterocycles. The van der Waals surface area contributed by atoms with Gasteiger partial charge in [0.05, 0.1) is 18.3 Å². The van der Waals surface area contributed by atoms with Crippen molar-refractivity contribution in [1.82, 2.24) is 14.9 Å². The standard InChI is InChI=1S/C18H23N3O3S2/c1-4-24-18(23)13-5-7-21(8-6-13)14(22)9-25-16-15-11(2)12(3)26-17(15)20-10-19-16/h10,13H,4-9H2,1-3H3. The summed E-state index contributed by atoms with van der Waals surface area (Å²) in [5, 5.41) is 1.93. The highest BCUT2D eigenvalue weighted by Gasteiger charge is 2.28. The van der Waals surface area contributed by atoms with Crippen molar-refractivity contribution in [1.29, 1.82) is 0 Å². The normalized spacial score (nSPS) is 15.4. The van der Waals surface area contributed by atoms with Crippen LogP contribution in [0, 0.1) is 19.8 Å². The van der Waals surface area contributed by atoms with Gasteiger partial charge in [0.25, 0.3) is 0 Å². The summed E-state index contributed by atoms with van der Waals surface area (Å²) in [4.78, 5) is 37.1. The second-order valence-electron chi connectivity index (χ2n) is 6.34. The number of amides is 1. The summed E-state index contributed by atoms with van der Waals surface area (Å²) in [7, 11) is 0. The molecule has 2 aromatic rings. The number of fused-ring (bicyclic) bond motifs is 1. The van der Waals surface area contributed by atoms with Gasteiger partial charge in [-0.25, -0.2) is 9.97 Å². The summed E-state index contributed by atoms with van der Waals surface area (Å²) in [6, 6.07) is 0. The minimum Gasteiger partial charge on any atom is -0.466 e. The predicted octanol–water partition coefficient (Wildman–Crippen LogP) is 3.20. The lowest BCUT2D eigenvalue weighted by atomic mass is 9.97. The molecule has 0 spiro atoms. The number of aromatic nitrogens is 2. The molecule has 26 heavy (non-hydrogen) atoms. The first-order chi connectivity index (χ1) is 12.5. The summed E-state index contributed by atoms with van der Waals surface area (Å²) in [5.41, 5.74) is 1.19. The lowest BCUT2D eigenvalue weighted by Gasteiger charge is -2.30. The Morgan fingerprint density at radius 1 is 1.31 bits per heavy atom. The molecule has 1 fully saturated rings. The smallest absolute Gasteiger partial charge is 0.309 e. The van der Waals surface area contributed by atoms with Gasteiger partial charge in [-0.15, -0.1) is 11.3 Å². The van der Waals surface area contributed by atoms with Gasteiger partial charge in [-0.3, -0.25) is 9.59 Å². The lowest BCUT2D eigenvalue weighted by Crippen LogP contribution is -2.41. The van der Waals surface area contributed by atoms with Crippen LogP contribution in [0.1, 0.15) is 30.2 Å². The van der Waals surface area contributed by atoms with Gasteiger partial charge in [0, 0.05) is 23.4 Å². The molecular formula is C18H23N3O3S2. The van der Waals surface area contributed by atoms with Crippen LogP contribution in [0.5, 0.6) is 0 Å². The van der Waals surface area contributed by atoms with E-state index in [2.05, 4.69) is 23.8 Å². The molecule has 0 unspecified atom stereocenters. The van der Waals surface area contributed by atoms with E-state index in [4.69, 9.17) is 4.74 Å². The van der Waals surface area contributed by atoms with Gasteiger partial charge in [-0.1, -0.05) is 11.8 Å². The van der Waals surface area contributed by atoms with Gasteiger partial charge >= 0.3 is 5.97 Å². The third-order valence-electron chi connectivity index (χ3n) is 4.73. The van der Waals surface area contributed by atoms with Crippen LogP contribution in [0.15, 0.2) is 11.4 Å². The van der Waals surface area contributed by atoms with E-state index in [9.17, 15) is 9.59 Å². The van der Waals surface area contributed by atoms with E-state index in [-0.39, 0.29) is 17.8 Å². The van der Waals surface area contributed by atoms with Crippen LogP contribution < -0.4 is 0 Å². The highest BCUT2D eigenvalue weighted by molar-refractivity contribution is 8.00. The fourth-order valence-corrected chi connectivity index (χ4v) is 5.13. The molecule has 0 bridgehead atoms. The van der Waals surface area contributed by atoms with Crippen molar-refractivity contribution in [2.75, 3.05) is 25.4 Å². The van der Waals surface area contributed by atoms with Gasteiger partial charge < -0.3 is 9.64 Å². The molecule has 8 heteroatoms. The Kier molecular flexibility index (Phi) is 6.13. The summed E-state index contributed by atoms with van der Waals surface area (Å²) < 4.78 is 5.08.